The highest BCUT2D eigenvalue weighted by Gasteiger charge is 2.32. The van der Waals surface area contributed by atoms with Crippen LogP contribution in [0.5, 0.6) is 11.5 Å². The second-order valence-corrected chi connectivity index (χ2v) is 8.38. The second kappa shape index (κ2) is 9.01. The lowest BCUT2D eigenvalue weighted by atomic mass is 10.0. The van der Waals surface area contributed by atoms with Gasteiger partial charge in [0.1, 0.15) is 24.1 Å². The fourth-order valence-corrected chi connectivity index (χ4v) is 3.20. The third kappa shape index (κ3) is 6.01. The highest BCUT2D eigenvalue weighted by molar-refractivity contribution is 5.92. The van der Waals surface area contributed by atoms with Gasteiger partial charge in [-0.2, -0.15) is 13.2 Å². The molecule has 3 rings (SSSR count). The molecule has 0 saturated carbocycles. The van der Waals surface area contributed by atoms with Crippen molar-refractivity contribution in [2.45, 2.75) is 45.5 Å². The number of alkyl halides is 3. The molecule has 0 fully saturated rings. The summed E-state index contributed by atoms with van der Waals surface area (Å²) in [6.07, 6.45) is -4.67. The number of hydrogen-bond donors (Lipinski definition) is 2. The molecule has 33 heavy (non-hydrogen) atoms. The average molecular weight is 467 g/mol. The minimum atomic E-state index is -4.67. The zero-order valence-electron chi connectivity index (χ0n) is 18.8. The smallest absolute Gasteiger partial charge is 0.416 e. The van der Waals surface area contributed by atoms with Crippen molar-refractivity contribution in [2.24, 2.45) is 0 Å². The van der Waals surface area contributed by atoms with Crippen molar-refractivity contribution in [2.75, 3.05) is 19.0 Å². The molecule has 0 aliphatic rings. The maximum Gasteiger partial charge on any atom is 0.416 e. The monoisotopic (exact) mass is 467 g/mol. The summed E-state index contributed by atoms with van der Waals surface area (Å²) in [5.41, 5.74) is -1.53. The van der Waals surface area contributed by atoms with Crippen LogP contribution in [0.3, 0.4) is 0 Å². The van der Waals surface area contributed by atoms with E-state index in [1.807, 2.05) is 0 Å². The maximum atomic E-state index is 13.9. The molecule has 1 atom stereocenters. The summed E-state index contributed by atoms with van der Waals surface area (Å²) in [5.74, 6) is 0.492. The van der Waals surface area contributed by atoms with Gasteiger partial charge in [0, 0.05) is 11.5 Å². The number of nitrogens with one attached hydrogen (secondary N) is 1. The fraction of sp³-hybridized carbons (Fsp3) is 0.391. The Kier molecular flexibility index (Phi) is 6.69. The summed E-state index contributed by atoms with van der Waals surface area (Å²) in [7, 11) is 1.47. The van der Waals surface area contributed by atoms with Gasteiger partial charge in [0.2, 0.25) is 0 Å². The first-order chi connectivity index (χ1) is 15.3. The van der Waals surface area contributed by atoms with Crippen LogP contribution in [0, 0.1) is 12.7 Å². The fourth-order valence-electron chi connectivity index (χ4n) is 3.20. The number of ether oxygens (including phenoxy) is 2. The molecule has 10 heteroatoms. The number of anilines is 1. The van der Waals surface area contributed by atoms with Crippen molar-refractivity contribution in [3.8, 4) is 11.5 Å². The summed E-state index contributed by atoms with van der Waals surface area (Å²) in [5, 5.41) is 13.6. The highest BCUT2D eigenvalue weighted by Crippen LogP contribution is 2.36. The second-order valence-electron chi connectivity index (χ2n) is 8.38. The summed E-state index contributed by atoms with van der Waals surface area (Å²) in [6, 6.07) is 4.97. The number of nitrogens with zero attached hydrogens (tertiary/aromatic N) is 2. The minimum absolute atomic E-state index is 0.00966. The van der Waals surface area contributed by atoms with Crippen molar-refractivity contribution in [1.82, 2.24) is 9.97 Å². The summed E-state index contributed by atoms with van der Waals surface area (Å²) >= 11 is 0. The van der Waals surface area contributed by atoms with Crippen LogP contribution in [0.25, 0.3) is 10.9 Å². The molecule has 0 radical (unpaired) electrons. The van der Waals surface area contributed by atoms with Gasteiger partial charge in [-0.1, -0.05) is 0 Å². The summed E-state index contributed by atoms with van der Waals surface area (Å²) < 4.78 is 64.3. The zero-order chi connectivity index (χ0) is 24.6. The molecule has 0 aliphatic carbocycles. The van der Waals surface area contributed by atoms with Gasteiger partial charge in [-0.3, -0.25) is 0 Å². The van der Waals surface area contributed by atoms with Crippen LogP contribution in [-0.4, -0.2) is 34.4 Å². The molecule has 0 aliphatic heterocycles. The van der Waals surface area contributed by atoms with Crippen LogP contribution in [0.15, 0.2) is 30.3 Å². The van der Waals surface area contributed by atoms with Crippen LogP contribution in [0.2, 0.25) is 0 Å². The van der Waals surface area contributed by atoms with E-state index in [0.717, 1.165) is 12.1 Å². The van der Waals surface area contributed by atoms with Crippen LogP contribution >= 0.6 is 0 Å². The van der Waals surface area contributed by atoms with Gasteiger partial charge >= 0.3 is 6.18 Å². The van der Waals surface area contributed by atoms with E-state index in [2.05, 4.69) is 15.3 Å². The van der Waals surface area contributed by atoms with Crippen LogP contribution in [0.1, 0.15) is 43.8 Å². The van der Waals surface area contributed by atoms with E-state index in [-0.39, 0.29) is 12.2 Å². The number of hydrogen-bond acceptors (Lipinski definition) is 6. The van der Waals surface area contributed by atoms with E-state index in [1.165, 1.54) is 7.11 Å². The van der Waals surface area contributed by atoms with E-state index < -0.39 is 29.2 Å². The quantitative estimate of drug-likeness (QED) is 0.452. The summed E-state index contributed by atoms with van der Waals surface area (Å²) in [6.45, 7) is 6.45. The van der Waals surface area contributed by atoms with Gasteiger partial charge in [-0.25, -0.2) is 14.4 Å². The van der Waals surface area contributed by atoms with Crippen molar-refractivity contribution in [3.05, 3.63) is 53.1 Å². The van der Waals surface area contributed by atoms with Crippen LogP contribution in [0.4, 0.5) is 23.4 Å². The lowest BCUT2D eigenvalue weighted by molar-refractivity contribution is -0.137. The molecule has 6 nitrogen and oxygen atoms in total. The molecule has 0 bridgehead atoms. The zero-order valence-corrected chi connectivity index (χ0v) is 18.8. The molecule has 1 heterocycles. The Bertz CT molecular complexity index is 1160. The standard InChI is InChI=1S/C23H25F4N3O3/c1-12(14-6-15(23(25,26)27)8-16(24)7-14)28-21-17-9-20(33-11-22(3,4)31)19(32-5)10-18(17)29-13(2)30-21/h6-10,12,31H,11H2,1-5H3,(H,28,29,30)/t12-/m1/s1. The van der Waals surface area contributed by atoms with Crippen LogP contribution < -0.4 is 14.8 Å². The predicted octanol–water partition coefficient (Wildman–Crippen LogP) is 5.43. The molecule has 0 amide bonds. The number of fused-ring (bicyclic) bond motifs is 1. The number of methoxy groups -OCH3 is 1. The van der Waals surface area contributed by atoms with Gasteiger partial charge < -0.3 is 19.9 Å². The highest BCUT2D eigenvalue weighted by atomic mass is 19.4. The van der Waals surface area contributed by atoms with E-state index in [1.54, 1.807) is 39.8 Å². The number of aromatic nitrogens is 2. The molecule has 0 saturated heterocycles. The van der Waals surface area contributed by atoms with Gasteiger partial charge in [0.15, 0.2) is 11.5 Å². The molecule has 1 aromatic heterocycles. The van der Waals surface area contributed by atoms with Gasteiger partial charge in [-0.05, 0) is 57.5 Å². The molecule has 2 N–H and O–H groups in total. The Balaban J connectivity index is 2.03. The molecule has 3 aromatic rings. The Labute approximate surface area is 188 Å². The third-order valence-corrected chi connectivity index (χ3v) is 4.77. The molecule has 0 unspecified atom stereocenters. The first-order valence-electron chi connectivity index (χ1n) is 10.1. The minimum Gasteiger partial charge on any atom is -0.493 e. The molecule has 0 spiro atoms. The molecular formula is C23H25F4N3O3. The van der Waals surface area contributed by atoms with Gasteiger partial charge in [0.25, 0.3) is 0 Å². The average Bonchev–Trinajstić information content (AvgIpc) is 2.69. The predicted molar refractivity (Wildman–Crippen MR) is 116 cm³/mol. The molecule has 2 aromatic carbocycles. The van der Waals surface area contributed by atoms with Gasteiger partial charge in [-0.15, -0.1) is 0 Å². The van der Waals surface area contributed by atoms with Crippen LogP contribution in [-0.2, 0) is 6.18 Å². The summed E-state index contributed by atoms with van der Waals surface area (Å²) in [4.78, 5) is 8.77. The lowest BCUT2D eigenvalue weighted by Crippen LogP contribution is -2.28. The van der Waals surface area contributed by atoms with Crippen molar-refractivity contribution in [3.63, 3.8) is 0 Å². The Hall–Kier alpha value is -3.14. The molecule has 178 valence electrons. The normalized spacial score (nSPS) is 13.2. The van der Waals surface area contributed by atoms with Crippen molar-refractivity contribution >= 4 is 16.7 Å². The SMILES string of the molecule is COc1cc2nc(C)nc(N[C@H](C)c3cc(F)cc(C(F)(F)F)c3)c2cc1OCC(C)(C)O. The Morgan fingerprint density at radius 1 is 1.06 bits per heavy atom. The topological polar surface area (TPSA) is 76.5 Å². The largest absolute Gasteiger partial charge is 0.493 e. The first-order valence-corrected chi connectivity index (χ1v) is 10.1. The maximum absolute atomic E-state index is 13.9. The molecular weight excluding hydrogens is 442 g/mol. The number of aliphatic hydroxyl groups is 1. The lowest BCUT2D eigenvalue weighted by Gasteiger charge is -2.21. The van der Waals surface area contributed by atoms with E-state index in [0.29, 0.717) is 40.1 Å². The van der Waals surface area contributed by atoms with E-state index in [4.69, 9.17) is 9.47 Å². The van der Waals surface area contributed by atoms with E-state index >= 15 is 0 Å². The number of rotatable bonds is 7. The number of aryl methyl sites for hydroxylation is 1. The number of benzene rings is 2. The van der Waals surface area contributed by atoms with Gasteiger partial charge in [0.05, 0.1) is 29.8 Å². The van der Waals surface area contributed by atoms with Crippen molar-refractivity contribution < 1.29 is 32.1 Å². The van der Waals surface area contributed by atoms with Crippen molar-refractivity contribution in [1.29, 1.82) is 0 Å². The third-order valence-electron chi connectivity index (χ3n) is 4.77. The number of halogens is 4. The Morgan fingerprint density at radius 3 is 2.36 bits per heavy atom. The first kappa shape index (κ1) is 24.5. The van der Waals surface area contributed by atoms with E-state index in [9.17, 15) is 22.7 Å². The Morgan fingerprint density at radius 2 is 1.76 bits per heavy atom.